The van der Waals surface area contributed by atoms with E-state index in [1.165, 1.54) is 0 Å². The normalized spacial score (nSPS) is 9.91. The highest BCUT2D eigenvalue weighted by atomic mass is 16.5. The van der Waals surface area contributed by atoms with Crippen molar-refractivity contribution in [2.45, 2.75) is 6.61 Å². The molecule has 0 amide bonds. The first kappa shape index (κ1) is 8.04. The Morgan fingerprint density at radius 2 is 1.91 bits per heavy atom. The number of aromatic hydroxyl groups is 1. The minimum Gasteiger partial charge on any atom is -0.508 e. The van der Waals surface area contributed by atoms with Crippen molar-refractivity contribution in [3.8, 4) is 5.75 Å². The molecule has 3 nitrogen and oxygen atoms in total. The molecule has 0 aromatic heterocycles. The van der Waals surface area contributed by atoms with Gasteiger partial charge in [0.1, 0.15) is 5.75 Å². The van der Waals surface area contributed by atoms with Gasteiger partial charge < -0.3 is 15.6 Å². The van der Waals surface area contributed by atoms with Crippen LogP contribution in [0, 0.1) is 0 Å². The number of hydrogen-bond acceptors (Lipinski definition) is 3. The highest BCUT2D eigenvalue weighted by molar-refractivity contribution is 5.25. The van der Waals surface area contributed by atoms with Crippen molar-refractivity contribution in [2.24, 2.45) is 5.73 Å². The molecule has 0 heterocycles. The zero-order chi connectivity index (χ0) is 8.10. The number of nitrogens with two attached hydrogens (primary N) is 1. The van der Waals surface area contributed by atoms with Crippen LogP contribution in [0.3, 0.4) is 0 Å². The molecule has 60 valence electrons. The zero-order valence-corrected chi connectivity index (χ0v) is 6.16. The molecule has 0 saturated carbocycles. The molecule has 11 heavy (non-hydrogen) atoms. The molecule has 1 aromatic carbocycles. The highest BCUT2D eigenvalue weighted by Crippen LogP contribution is 2.09. The summed E-state index contributed by atoms with van der Waals surface area (Å²) in [6, 6.07) is 6.83. The molecule has 3 N–H and O–H groups in total. The van der Waals surface area contributed by atoms with Gasteiger partial charge in [0.15, 0.2) is 0 Å². The van der Waals surface area contributed by atoms with Crippen LogP contribution in [-0.4, -0.2) is 11.8 Å². The van der Waals surface area contributed by atoms with Gasteiger partial charge in [0.05, 0.1) is 13.3 Å². The van der Waals surface area contributed by atoms with E-state index in [-0.39, 0.29) is 12.5 Å². The molecule has 0 spiro atoms. The second kappa shape index (κ2) is 3.95. The fraction of sp³-hybridized carbons (Fsp3) is 0.250. The summed E-state index contributed by atoms with van der Waals surface area (Å²) in [5.41, 5.74) is 6.14. The van der Waals surface area contributed by atoms with Gasteiger partial charge in [-0.15, -0.1) is 0 Å². The Bertz CT molecular complexity index is 208. The largest absolute Gasteiger partial charge is 0.508 e. The number of ether oxygens (including phenoxy) is 1. The van der Waals surface area contributed by atoms with E-state index in [4.69, 9.17) is 15.6 Å². The van der Waals surface area contributed by atoms with Crippen molar-refractivity contribution in [2.75, 3.05) is 6.73 Å². The Morgan fingerprint density at radius 1 is 1.27 bits per heavy atom. The van der Waals surface area contributed by atoms with Crippen LogP contribution in [-0.2, 0) is 11.3 Å². The maximum atomic E-state index is 8.92. The maximum absolute atomic E-state index is 8.92. The average Bonchev–Trinajstić information content (AvgIpc) is 2.04. The number of rotatable bonds is 3. The van der Waals surface area contributed by atoms with Gasteiger partial charge in [-0.2, -0.15) is 0 Å². The molecule has 0 aliphatic carbocycles. The standard InChI is InChI=1S/C8H11NO2/c9-6-11-5-7-1-3-8(10)4-2-7/h1-4,10H,5-6,9H2. The van der Waals surface area contributed by atoms with Gasteiger partial charge in [-0.1, -0.05) is 12.1 Å². The Kier molecular flexibility index (Phi) is 2.89. The summed E-state index contributed by atoms with van der Waals surface area (Å²) in [7, 11) is 0. The van der Waals surface area contributed by atoms with Gasteiger partial charge in [0.25, 0.3) is 0 Å². The van der Waals surface area contributed by atoms with E-state index >= 15 is 0 Å². The second-order valence-electron chi connectivity index (χ2n) is 2.18. The summed E-state index contributed by atoms with van der Waals surface area (Å²) in [5, 5.41) is 8.92. The number of benzene rings is 1. The Morgan fingerprint density at radius 3 is 2.45 bits per heavy atom. The average molecular weight is 153 g/mol. The fourth-order valence-electron chi connectivity index (χ4n) is 0.769. The first-order chi connectivity index (χ1) is 5.33. The van der Waals surface area contributed by atoms with Crippen LogP contribution in [0.15, 0.2) is 24.3 Å². The Labute approximate surface area is 65.4 Å². The van der Waals surface area contributed by atoms with E-state index in [1.807, 2.05) is 0 Å². The van der Waals surface area contributed by atoms with E-state index < -0.39 is 0 Å². The molecule has 0 unspecified atom stereocenters. The monoisotopic (exact) mass is 153 g/mol. The van der Waals surface area contributed by atoms with Crippen molar-refractivity contribution >= 4 is 0 Å². The molecule has 0 atom stereocenters. The number of phenolic OH excluding ortho intramolecular Hbond substituents is 1. The van der Waals surface area contributed by atoms with Crippen LogP contribution in [0.2, 0.25) is 0 Å². The number of hydrogen-bond donors (Lipinski definition) is 2. The molecule has 0 saturated heterocycles. The quantitative estimate of drug-likeness (QED) is 0.632. The molecule has 1 aromatic rings. The lowest BCUT2D eigenvalue weighted by molar-refractivity contribution is 0.127. The summed E-state index contributed by atoms with van der Waals surface area (Å²) in [5.74, 6) is 0.265. The van der Waals surface area contributed by atoms with E-state index in [2.05, 4.69) is 0 Å². The molecular weight excluding hydrogens is 142 g/mol. The minimum absolute atomic E-state index is 0.223. The molecule has 0 aliphatic heterocycles. The van der Waals surface area contributed by atoms with E-state index in [0.717, 1.165) is 5.56 Å². The first-order valence-electron chi connectivity index (χ1n) is 3.38. The molecule has 0 radical (unpaired) electrons. The summed E-state index contributed by atoms with van der Waals surface area (Å²) >= 11 is 0. The van der Waals surface area contributed by atoms with Crippen LogP contribution in [0.1, 0.15) is 5.56 Å². The van der Waals surface area contributed by atoms with E-state index in [9.17, 15) is 0 Å². The first-order valence-corrected chi connectivity index (χ1v) is 3.38. The van der Waals surface area contributed by atoms with Crippen molar-refractivity contribution in [1.82, 2.24) is 0 Å². The topological polar surface area (TPSA) is 55.5 Å². The predicted molar refractivity (Wildman–Crippen MR) is 42.0 cm³/mol. The Hall–Kier alpha value is -1.06. The molecule has 0 aliphatic rings. The summed E-state index contributed by atoms with van der Waals surface area (Å²) in [4.78, 5) is 0. The summed E-state index contributed by atoms with van der Waals surface area (Å²) in [6.07, 6.45) is 0. The van der Waals surface area contributed by atoms with Crippen LogP contribution < -0.4 is 5.73 Å². The molecule has 1 rings (SSSR count). The number of phenols is 1. The molecule has 0 bridgehead atoms. The van der Waals surface area contributed by atoms with E-state index in [0.29, 0.717) is 6.61 Å². The molecular formula is C8H11NO2. The lowest BCUT2D eigenvalue weighted by Gasteiger charge is -2.00. The van der Waals surface area contributed by atoms with Gasteiger partial charge in [-0.25, -0.2) is 0 Å². The lowest BCUT2D eigenvalue weighted by atomic mass is 10.2. The van der Waals surface area contributed by atoms with Crippen LogP contribution in [0.4, 0.5) is 0 Å². The van der Waals surface area contributed by atoms with Gasteiger partial charge in [-0.05, 0) is 17.7 Å². The fourth-order valence-corrected chi connectivity index (χ4v) is 0.769. The van der Waals surface area contributed by atoms with Crippen molar-refractivity contribution in [3.05, 3.63) is 29.8 Å². The summed E-state index contributed by atoms with van der Waals surface area (Å²) in [6.45, 7) is 0.720. The van der Waals surface area contributed by atoms with Gasteiger partial charge >= 0.3 is 0 Å². The second-order valence-corrected chi connectivity index (χ2v) is 2.18. The smallest absolute Gasteiger partial charge is 0.115 e. The van der Waals surface area contributed by atoms with Crippen LogP contribution in [0.5, 0.6) is 5.75 Å². The SMILES string of the molecule is NCOCc1ccc(O)cc1. The third kappa shape index (κ3) is 2.57. The van der Waals surface area contributed by atoms with Crippen LogP contribution in [0.25, 0.3) is 0 Å². The molecule has 3 heteroatoms. The van der Waals surface area contributed by atoms with Crippen molar-refractivity contribution in [3.63, 3.8) is 0 Å². The predicted octanol–water partition coefficient (Wildman–Crippen LogP) is 0.825. The van der Waals surface area contributed by atoms with Gasteiger partial charge in [0, 0.05) is 0 Å². The van der Waals surface area contributed by atoms with E-state index in [1.54, 1.807) is 24.3 Å². The van der Waals surface area contributed by atoms with Crippen molar-refractivity contribution < 1.29 is 9.84 Å². The third-order valence-corrected chi connectivity index (χ3v) is 1.32. The summed E-state index contributed by atoms with van der Waals surface area (Å²) < 4.78 is 4.96. The van der Waals surface area contributed by atoms with Crippen molar-refractivity contribution in [1.29, 1.82) is 0 Å². The lowest BCUT2D eigenvalue weighted by Crippen LogP contribution is -2.03. The van der Waals surface area contributed by atoms with Crippen LogP contribution >= 0.6 is 0 Å². The minimum atomic E-state index is 0.223. The van der Waals surface area contributed by atoms with Gasteiger partial charge in [0.2, 0.25) is 0 Å². The highest BCUT2D eigenvalue weighted by Gasteiger charge is 1.91. The maximum Gasteiger partial charge on any atom is 0.115 e. The third-order valence-electron chi connectivity index (χ3n) is 1.32. The Balaban J connectivity index is 2.52. The zero-order valence-electron chi connectivity index (χ0n) is 6.16. The van der Waals surface area contributed by atoms with Gasteiger partial charge in [-0.3, -0.25) is 0 Å². The molecule has 0 fully saturated rings.